The number of nitrogens with zero attached hydrogens (tertiary/aromatic N) is 1. The summed E-state index contributed by atoms with van der Waals surface area (Å²) in [6, 6.07) is 5.18. The van der Waals surface area contributed by atoms with Gasteiger partial charge >= 0.3 is 0 Å². The Morgan fingerprint density at radius 1 is 1.29 bits per heavy atom. The molecule has 1 aliphatic heterocycles. The van der Waals surface area contributed by atoms with E-state index in [1.54, 1.807) is 12.1 Å². The van der Waals surface area contributed by atoms with Gasteiger partial charge in [0.15, 0.2) is 0 Å². The molecule has 1 fully saturated rings. The Morgan fingerprint density at radius 2 is 2.00 bits per heavy atom. The lowest BCUT2D eigenvalue weighted by atomic mass is 9.77. The second kappa shape index (κ2) is 6.30. The largest absolute Gasteiger partial charge is 0.389 e. The van der Waals surface area contributed by atoms with E-state index < -0.39 is 0 Å². The molecular weight excluding hydrogens is 283 g/mol. The van der Waals surface area contributed by atoms with Gasteiger partial charge in [0, 0.05) is 24.3 Å². The van der Waals surface area contributed by atoms with Crippen LogP contribution < -0.4 is 10.6 Å². The molecule has 1 unspecified atom stereocenters. The van der Waals surface area contributed by atoms with E-state index in [1.165, 1.54) is 6.42 Å². The van der Waals surface area contributed by atoms with E-state index in [9.17, 15) is 4.39 Å². The molecule has 116 valence electrons. The maximum absolute atomic E-state index is 14.0. The predicted octanol–water partition coefficient (Wildman–Crippen LogP) is 4.11. The zero-order chi connectivity index (χ0) is 15.6. The average molecular weight is 308 g/mol. The van der Waals surface area contributed by atoms with Gasteiger partial charge in [-0.1, -0.05) is 33.0 Å². The highest BCUT2D eigenvalue weighted by Gasteiger charge is 2.27. The smallest absolute Gasteiger partial charge is 0.135 e. The molecule has 1 aromatic carbocycles. The number of halogens is 1. The van der Waals surface area contributed by atoms with Gasteiger partial charge in [-0.15, -0.1) is 0 Å². The molecule has 2 N–H and O–H groups in total. The summed E-state index contributed by atoms with van der Waals surface area (Å²) >= 11 is 4.85. The molecule has 0 aromatic heterocycles. The molecule has 2 rings (SSSR count). The lowest BCUT2D eigenvalue weighted by Crippen LogP contribution is -2.26. The van der Waals surface area contributed by atoms with E-state index >= 15 is 0 Å². The molecule has 0 radical (unpaired) electrons. The number of nitrogens with two attached hydrogens (primary N) is 1. The molecule has 1 aromatic rings. The third-order valence-corrected chi connectivity index (χ3v) is 4.76. The number of anilines is 1. The molecule has 21 heavy (non-hydrogen) atoms. The lowest BCUT2D eigenvalue weighted by Gasteiger charge is -2.30. The van der Waals surface area contributed by atoms with Gasteiger partial charge in [0.2, 0.25) is 0 Å². The van der Waals surface area contributed by atoms with Gasteiger partial charge in [0.25, 0.3) is 0 Å². The third-order valence-electron chi connectivity index (χ3n) is 4.54. The van der Waals surface area contributed by atoms with Crippen LogP contribution in [0.2, 0.25) is 0 Å². The van der Waals surface area contributed by atoms with Crippen molar-refractivity contribution in [3.63, 3.8) is 0 Å². The standard InChI is InChI=1S/C17H25FN2S/c1-17(2,3)12-5-4-9-20(10-8-12)13-6-7-14(16(19)21)15(18)11-13/h6-7,11-12H,4-5,8-10H2,1-3H3,(H2,19,21). The molecule has 0 saturated carbocycles. The molecule has 2 nitrogen and oxygen atoms in total. The van der Waals surface area contributed by atoms with Crippen LogP contribution in [0.25, 0.3) is 0 Å². The van der Waals surface area contributed by atoms with Crippen molar-refractivity contribution in [1.29, 1.82) is 0 Å². The minimum Gasteiger partial charge on any atom is -0.389 e. The SMILES string of the molecule is CC(C)(C)C1CCCN(c2ccc(C(N)=S)c(F)c2)CC1. The lowest BCUT2D eigenvalue weighted by molar-refractivity contribution is 0.220. The summed E-state index contributed by atoms with van der Waals surface area (Å²) in [4.78, 5) is 2.39. The van der Waals surface area contributed by atoms with Crippen LogP contribution in [0.15, 0.2) is 18.2 Å². The Hall–Kier alpha value is -1.16. The Morgan fingerprint density at radius 3 is 2.57 bits per heavy atom. The van der Waals surface area contributed by atoms with Crippen LogP contribution in [-0.2, 0) is 0 Å². The molecule has 0 amide bonds. The van der Waals surface area contributed by atoms with Crippen molar-refractivity contribution in [3.8, 4) is 0 Å². The van der Waals surface area contributed by atoms with Gasteiger partial charge < -0.3 is 10.6 Å². The monoisotopic (exact) mass is 308 g/mol. The van der Waals surface area contributed by atoms with Gasteiger partial charge in [-0.05, 0) is 48.8 Å². The molecular formula is C17H25FN2S. The van der Waals surface area contributed by atoms with Crippen LogP contribution in [0.1, 0.15) is 45.6 Å². The molecule has 4 heteroatoms. The topological polar surface area (TPSA) is 29.3 Å². The average Bonchev–Trinajstić information content (AvgIpc) is 2.63. The van der Waals surface area contributed by atoms with Crippen LogP contribution in [0.3, 0.4) is 0 Å². The second-order valence-corrected chi connectivity index (χ2v) is 7.45. The van der Waals surface area contributed by atoms with Crippen molar-refractivity contribution >= 4 is 22.9 Å². The zero-order valence-corrected chi connectivity index (χ0v) is 14.0. The summed E-state index contributed by atoms with van der Waals surface area (Å²) in [5.41, 5.74) is 7.12. The number of benzene rings is 1. The van der Waals surface area contributed by atoms with Gasteiger partial charge in [0.05, 0.1) is 0 Å². The van der Waals surface area contributed by atoms with E-state index in [-0.39, 0.29) is 10.8 Å². The molecule has 1 heterocycles. The van der Waals surface area contributed by atoms with E-state index in [1.807, 2.05) is 6.07 Å². The Bertz CT molecular complexity index is 522. The first-order valence-electron chi connectivity index (χ1n) is 7.63. The summed E-state index contributed by atoms with van der Waals surface area (Å²) in [7, 11) is 0. The van der Waals surface area contributed by atoms with Crippen molar-refractivity contribution in [2.24, 2.45) is 17.1 Å². The van der Waals surface area contributed by atoms with Crippen molar-refractivity contribution in [2.75, 3.05) is 18.0 Å². The van der Waals surface area contributed by atoms with Gasteiger partial charge in [-0.2, -0.15) is 0 Å². The minimum atomic E-state index is -0.323. The van der Waals surface area contributed by atoms with Gasteiger partial charge in [-0.3, -0.25) is 0 Å². The summed E-state index contributed by atoms with van der Waals surface area (Å²) in [5, 5.41) is 0. The van der Waals surface area contributed by atoms with Crippen LogP contribution in [-0.4, -0.2) is 18.1 Å². The highest BCUT2D eigenvalue weighted by Crippen LogP contribution is 2.35. The molecule has 1 aliphatic rings. The van der Waals surface area contributed by atoms with Crippen LogP contribution >= 0.6 is 12.2 Å². The van der Waals surface area contributed by atoms with Crippen LogP contribution in [0.4, 0.5) is 10.1 Å². The fourth-order valence-corrected chi connectivity index (χ4v) is 3.29. The van der Waals surface area contributed by atoms with Crippen molar-refractivity contribution < 1.29 is 4.39 Å². The maximum atomic E-state index is 14.0. The van der Waals surface area contributed by atoms with Crippen molar-refractivity contribution in [3.05, 3.63) is 29.6 Å². The highest BCUT2D eigenvalue weighted by molar-refractivity contribution is 7.80. The molecule has 1 atom stereocenters. The number of hydrogen-bond acceptors (Lipinski definition) is 2. The van der Waals surface area contributed by atoms with Crippen molar-refractivity contribution in [2.45, 2.75) is 40.0 Å². The van der Waals surface area contributed by atoms with E-state index in [2.05, 4.69) is 25.7 Å². The van der Waals surface area contributed by atoms with E-state index in [0.717, 1.165) is 37.5 Å². The fourth-order valence-electron chi connectivity index (χ4n) is 3.12. The Labute approximate surface area is 132 Å². The summed E-state index contributed by atoms with van der Waals surface area (Å²) in [6.45, 7) is 8.89. The first-order valence-corrected chi connectivity index (χ1v) is 8.04. The molecule has 0 aliphatic carbocycles. The van der Waals surface area contributed by atoms with E-state index in [4.69, 9.17) is 18.0 Å². The molecule has 1 saturated heterocycles. The third kappa shape index (κ3) is 3.94. The Balaban J connectivity index is 2.13. The maximum Gasteiger partial charge on any atom is 0.135 e. The minimum absolute atomic E-state index is 0.114. The van der Waals surface area contributed by atoms with Crippen LogP contribution in [0.5, 0.6) is 0 Å². The van der Waals surface area contributed by atoms with Gasteiger partial charge in [-0.25, -0.2) is 4.39 Å². The summed E-state index contributed by atoms with van der Waals surface area (Å²) in [6.07, 6.45) is 3.55. The molecule has 0 bridgehead atoms. The Kier molecular flexibility index (Phi) is 4.87. The quantitative estimate of drug-likeness (QED) is 0.834. The summed E-state index contributed by atoms with van der Waals surface area (Å²) < 4.78 is 14.0. The zero-order valence-electron chi connectivity index (χ0n) is 13.2. The van der Waals surface area contributed by atoms with Crippen LogP contribution in [0, 0.1) is 17.2 Å². The van der Waals surface area contributed by atoms with Gasteiger partial charge in [0.1, 0.15) is 10.8 Å². The normalized spacial score (nSPS) is 20.2. The van der Waals surface area contributed by atoms with Crippen molar-refractivity contribution in [1.82, 2.24) is 0 Å². The second-order valence-electron chi connectivity index (χ2n) is 7.01. The highest BCUT2D eigenvalue weighted by atomic mass is 32.1. The summed E-state index contributed by atoms with van der Waals surface area (Å²) in [5.74, 6) is 0.403. The first-order chi connectivity index (χ1) is 9.79. The molecule has 0 spiro atoms. The number of hydrogen-bond donors (Lipinski definition) is 1. The van der Waals surface area contributed by atoms with E-state index in [0.29, 0.717) is 11.0 Å². The predicted molar refractivity (Wildman–Crippen MR) is 91.3 cm³/mol. The number of thiocarbonyl (C=S) groups is 1. The number of rotatable bonds is 2. The first kappa shape index (κ1) is 16.2. The fraction of sp³-hybridized carbons (Fsp3) is 0.588.